The minimum Gasteiger partial charge on any atom is -0.355 e. The number of aromatic nitrogens is 1. The van der Waals surface area contributed by atoms with E-state index >= 15 is 0 Å². The van der Waals surface area contributed by atoms with Gasteiger partial charge in [0.2, 0.25) is 0 Å². The molecule has 0 saturated heterocycles. The molecule has 1 aromatic carbocycles. The van der Waals surface area contributed by atoms with Crippen LogP contribution < -0.4 is 0 Å². The molecule has 0 atom stereocenters. The zero-order valence-corrected chi connectivity index (χ0v) is 6.67. The molecule has 0 aliphatic rings. The molecule has 0 amide bonds. The van der Waals surface area contributed by atoms with E-state index in [-0.39, 0.29) is 0 Å². The zero-order valence-electron chi connectivity index (χ0n) is 6.67. The molecule has 1 heterocycles. The average Bonchev–Trinajstić information content (AvgIpc) is 2.47. The van der Waals surface area contributed by atoms with Gasteiger partial charge in [-0.2, -0.15) is 0 Å². The molecule has 58 valence electrons. The van der Waals surface area contributed by atoms with Crippen molar-refractivity contribution < 1.29 is 0 Å². The number of rotatable bonds is 1. The van der Waals surface area contributed by atoms with Crippen molar-refractivity contribution in [3.63, 3.8) is 0 Å². The van der Waals surface area contributed by atoms with E-state index in [0.29, 0.717) is 0 Å². The van der Waals surface area contributed by atoms with Crippen LogP contribution in [0.1, 0.15) is 5.69 Å². The first-order chi connectivity index (χ1) is 5.90. The van der Waals surface area contributed by atoms with Gasteiger partial charge in [0, 0.05) is 22.7 Å². The number of H-pyrrole nitrogens is 1. The molecule has 1 N–H and O–H groups in total. The predicted molar refractivity (Wildman–Crippen MR) is 51.9 cm³/mol. The SMILES string of the molecule is C=C=Cc1cc2ccccc2[nH]1. The van der Waals surface area contributed by atoms with E-state index in [1.54, 1.807) is 0 Å². The van der Waals surface area contributed by atoms with Crippen LogP contribution >= 0.6 is 0 Å². The van der Waals surface area contributed by atoms with Crippen LogP contribution in [0, 0.1) is 0 Å². The van der Waals surface area contributed by atoms with E-state index in [0.717, 1.165) is 11.2 Å². The van der Waals surface area contributed by atoms with E-state index in [2.05, 4.69) is 35.5 Å². The second-order valence-electron chi connectivity index (χ2n) is 2.66. The first-order valence-corrected chi connectivity index (χ1v) is 3.84. The highest BCUT2D eigenvalue weighted by Crippen LogP contribution is 2.14. The van der Waals surface area contributed by atoms with Crippen LogP contribution in [0.15, 0.2) is 42.6 Å². The van der Waals surface area contributed by atoms with Gasteiger partial charge in [0.05, 0.1) is 0 Å². The van der Waals surface area contributed by atoms with Crippen LogP contribution in [-0.2, 0) is 0 Å². The largest absolute Gasteiger partial charge is 0.355 e. The first kappa shape index (κ1) is 6.96. The summed E-state index contributed by atoms with van der Waals surface area (Å²) < 4.78 is 0. The molecule has 0 saturated carbocycles. The van der Waals surface area contributed by atoms with Crippen LogP contribution in [0.3, 0.4) is 0 Å². The highest BCUT2D eigenvalue weighted by molar-refractivity contribution is 5.82. The van der Waals surface area contributed by atoms with E-state index < -0.39 is 0 Å². The predicted octanol–water partition coefficient (Wildman–Crippen LogP) is 2.97. The summed E-state index contributed by atoms with van der Waals surface area (Å²) in [7, 11) is 0. The molecule has 1 heteroatoms. The number of nitrogens with one attached hydrogen (secondary N) is 1. The first-order valence-electron chi connectivity index (χ1n) is 3.84. The highest BCUT2D eigenvalue weighted by Gasteiger charge is 1.94. The molecule has 0 unspecified atom stereocenters. The summed E-state index contributed by atoms with van der Waals surface area (Å²) in [5.74, 6) is 0. The van der Waals surface area contributed by atoms with Gasteiger partial charge in [-0.15, -0.1) is 5.73 Å². The van der Waals surface area contributed by atoms with Gasteiger partial charge in [0.1, 0.15) is 0 Å². The van der Waals surface area contributed by atoms with Crippen LogP contribution in [0.25, 0.3) is 17.0 Å². The number of hydrogen-bond acceptors (Lipinski definition) is 0. The third-order valence-corrected chi connectivity index (χ3v) is 1.81. The Balaban J connectivity index is 2.69. The van der Waals surface area contributed by atoms with Crippen molar-refractivity contribution in [2.75, 3.05) is 0 Å². The third-order valence-electron chi connectivity index (χ3n) is 1.81. The number of hydrogen-bond donors (Lipinski definition) is 1. The maximum absolute atomic E-state index is 3.53. The standard InChI is InChI=1S/C11H9N/c1-2-5-10-8-9-6-3-4-7-11(9)12-10/h3-8,12H,1H2. The van der Waals surface area contributed by atoms with E-state index in [9.17, 15) is 0 Å². The minimum absolute atomic E-state index is 1.05. The molecule has 0 fully saturated rings. The van der Waals surface area contributed by atoms with E-state index in [1.165, 1.54) is 5.39 Å². The van der Waals surface area contributed by atoms with Crippen LogP contribution in [0.2, 0.25) is 0 Å². The number of benzene rings is 1. The third kappa shape index (κ3) is 1.07. The molecule has 0 bridgehead atoms. The lowest BCUT2D eigenvalue weighted by molar-refractivity contribution is 1.43. The molecule has 12 heavy (non-hydrogen) atoms. The quantitative estimate of drug-likeness (QED) is 0.609. The summed E-state index contributed by atoms with van der Waals surface area (Å²) in [5.41, 5.74) is 4.94. The Morgan fingerprint density at radius 2 is 2.17 bits per heavy atom. The summed E-state index contributed by atoms with van der Waals surface area (Å²) in [6.07, 6.45) is 1.83. The average molecular weight is 155 g/mol. The second kappa shape index (κ2) is 2.72. The van der Waals surface area contributed by atoms with Gasteiger partial charge in [-0.1, -0.05) is 24.8 Å². The number of para-hydroxylation sites is 1. The van der Waals surface area contributed by atoms with Crippen molar-refractivity contribution in [2.45, 2.75) is 0 Å². The summed E-state index contributed by atoms with van der Waals surface area (Å²) in [4.78, 5) is 3.24. The Morgan fingerprint density at radius 1 is 1.33 bits per heavy atom. The van der Waals surface area contributed by atoms with Crippen molar-refractivity contribution >= 4 is 17.0 Å². The Morgan fingerprint density at radius 3 is 2.92 bits per heavy atom. The Hall–Kier alpha value is -1.72. The number of fused-ring (bicyclic) bond motifs is 1. The molecule has 1 nitrogen and oxygen atoms in total. The summed E-state index contributed by atoms with van der Waals surface area (Å²) >= 11 is 0. The lowest BCUT2D eigenvalue weighted by atomic mass is 10.2. The molecule has 0 aliphatic carbocycles. The molecule has 2 aromatic rings. The molecule has 0 spiro atoms. The fraction of sp³-hybridized carbons (Fsp3) is 0. The Bertz CT molecular complexity index is 412. The molecule has 0 radical (unpaired) electrons. The van der Waals surface area contributed by atoms with Gasteiger partial charge in [0.15, 0.2) is 0 Å². The Labute approximate surface area is 71.0 Å². The maximum Gasteiger partial charge on any atom is 0.0469 e. The van der Waals surface area contributed by atoms with Crippen molar-refractivity contribution in [3.05, 3.63) is 48.3 Å². The van der Waals surface area contributed by atoms with Crippen LogP contribution in [-0.4, -0.2) is 4.98 Å². The molecule has 2 rings (SSSR count). The van der Waals surface area contributed by atoms with Crippen LogP contribution in [0.5, 0.6) is 0 Å². The zero-order chi connectivity index (χ0) is 8.39. The van der Waals surface area contributed by atoms with Crippen molar-refractivity contribution in [3.8, 4) is 0 Å². The molecular weight excluding hydrogens is 146 g/mol. The molecular formula is C11H9N. The summed E-state index contributed by atoms with van der Waals surface area (Å²) in [5, 5.41) is 1.22. The van der Waals surface area contributed by atoms with Crippen molar-refractivity contribution in [1.82, 2.24) is 4.98 Å². The van der Waals surface area contributed by atoms with Gasteiger partial charge in [-0.25, -0.2) is 0 Å². The monoisotopic (exact) mass is 155 g/mol. The van der Waals surface area contributed by atoms with Gasteiger partial charge >= 0.3 is 0 Å². The molecule has 1 aromatic heterocycles. The lowest BCUT2D eigenvalue weighted by Gasteiger charge is -1.83. The highest BCUT2D eigenvalue weighted by atomic mass is 14.7. The lowest BCUT2D eigenvalue weighted by Crippen LogP contribution is -1.66. The van der Waals surface area contributed by atoms with Gasteiger partial charge in [-0.3, -0.25) is 0 Å². The second-order valence-corrected chi connectivity index (χ2v) is 2.66. The van der Waals surface area contributed by atoms with Crippen LogP contribution in [0.4, 0.5) is 0 Å². The topological polar surface area (TPSA) is 15.8 Å². The number of aromatic amines is 1. The van der Waals surface area contributed by atoms with Gasteiger partial charge in [-0.05, 0) is 12.1 Å². The fourth-order valence-corrected chi connectivity index (χ4v) is 1.28. The van der Waals surface area contributed by atoms with E-state index in [4.69, 9.17) is 0 Å². The van der Waals surface area contributed by atoms with Gasteiger partial charge in [0.25, 0.3) is 0 Å². The maximum atomic E-state index is 3.53. The molecule has 0 aliphatic heterocycles. The van der Waals surface area contributed by atoms with Gasteiger partial charge < -0.3 is 4.98 Å². The minimum atomic E-state index is 1.05. The van der Waals surface area contributed by atoms with E-state index in [1.807, 2.05) is 18.2 Å². The van der Waals surface area contributed by atoms with Crippen molar-refractivity contribution in [1.29, 1.82) is 0 Å². The normalized spacial score (nSPS) is 9.67. The summed E-state index contributed by atoms with van der Waals surface area (Å²) in [6, 6.07) is 10.2. The fourth-order valence-electron chi connectivity index (χ4n) is 1.28. The summed E-state index contributed by atoms with van der Waals surface area (Å²) in [6.45, 7) is 3.53. The smallest absolute Gasteiger partial charge is 0.0469 e. The Kier molecular flexibility index (Phi) is 1.58. The van der Waals surface area contributed by atoms with Crippen molar-refractivity contribution in [2.24, 2.45) is 0 Å².